The van der Waals surface area contributed by atoms with E-state index in [-0.39, 0.29) is 11.9 Å². The first kappa shape index (κ1) is 22.9. The zero-order chi connectivity index (χ0) is 23.5. The van der Waals surface area contributed by atoms with Crippen LogP contribution in [0.2, 0.25) is 0 Å². The molecular weight excluding hydrogens is 429 g/mol. The summed E-state index contributed by atoms with van der Waals surface area (Å²) < 4.78 is 15.3. The number of hydrogen-bond acceptors (Lipinski definition) is 6. The molecule has 2 heterocycles. The fraction of sp³-hybridized carbons (Fsp3) is 0.500. The Labute approximate surface area is 201 Å². The average molecular weight is 464 g/mol. The van der Waals surface area contributed by atoms with Crippen molar-refractivity contribution < 1.29 is 4.39 Å². The van der Waals surface area contributed by atoms with Gasteiger partial charge in [-0.05, 0) is 58.7 Å². The number of piperazine rings is 1. The van der Waals surface area contributed by atoms with Gasteiger partial charge in [0.15, 0.2) is 5.82 Å². The molecule has 1 saturated carbocycles. The SMILES string of the molecule is CN(C)c1ccc(C(c2nnnn2Cc2ccc(F)cc2)N2CCN(C3CCCC3)CC2)cc1. The van der Waals surface area contributed by atoms with Crippen LogP contribution < -0.4 is 4.90 Å². The highest BCUT2D eigenvalue weighted by Crippen LogP contribution is 2.31. The van der Waals surface area contributed by atoms with Crippen LogP contribution >= 0.6 is 0 Å². The van der Waals surface area contributed by atoms with Gasteiger partial charge >= 0.3 is 0 Å². The van der Waals surface area contributed by atoms with E-state index in [1.807, 2.05) is 4.68 Å². The Morgan fingerprint density at radius 2 is 1.62 bits per heavy atom. The first-order valence-electron chi connectivity index (χ1n) is 12.3. The van der Waals surface area contributed by atoms with Crippen LogP contribution in [0.5, 0.6) is 0 Å². The summed E-state index contributed by atoms with van der Waals surface area (Å²) in [6.45, 7) is 4.64. The van der Waals surface area contributed by atoms with Gasteiger partial charge < -0.3 is 4.90 Å². The summed E-state index contributed by atoms with van der Waals surface area (Å²) in [6.07, 6.45) is 5.41. The summed E-state index contributed by atoms with van der Waals surface area (Å²) in [4.78, 5) is 7.30. The van der Waals surface area contributed by atoms with Crippen molar-refractivity contribution in [2.75, 3.05) is 45.2 Å². The van der Waals surface area contributed by atoms with Gasteiger partial charge in [0.2, 0.25) is 0 Å². The lowest BCUT2D eigenvalue weighted by molar-refractivity contribution is 0.0771. The summed E-state index contributed by atoms with van der Waals surface area (Å²) in [5, 5.41) is 12.9. The first-order valence-corrected chi connectivity index (χ1v) is 12.3. The average Bonchev–Trinajstić information content (AvgIpc) is 3.55. The molecule has 34 heavy (non-hydrogen) atoms. The van der Waals surface area contributed by atoms with E-state index >= 15 is 0 Å². The number of hydrogen-bond donors (Lipinski definition) is 0. The van der Waals surface area contributed by atoms with Gasteiger partial charge in [-0.1, -0.05) is 37.1 Å². The van der Waals surface area contributed by atoms with E-state index in [1.54, 1.807) is 12.1 Å². The van der Waals surface area contributed by atoms with Gasteiger partial charge in [0.05, 0.1) is 12.6 Å². The molecule has 2 fully saturated rings. The van der Waals surface area contributed by atoms with Crippen molar-refractivity contribution in [3.05, 3.63) is 71.3 Å². The summed E-state index contributed by atoms with van der Waals surface area (Å²) in [6, 6.07) is 16.0. The Morgan fingerprint density at radius 1 is 0.941 bits per heavy atom. The molecule has 7 nitrogen and oxygen atoms in total. The van der Waals surface area contributed by atoms with E-state index < -0.39 is 0 Å². The zero-order valence-electron chi connectivity index (χ0n) is 20.1. The molecule has 1 aliphatic heterocycles. The van der Waals surface area contributed by atoms with Crippen LogP contribution in [0.3, 0.4) is 0 Å². The monoisotopic (exact) mass is 463 g/mol. The van der Waals surface area contributed by atoms with Gasteiger partial charge in [-0.3, -0.25) is 9.80 Å². The molecule has 1 atom stereocenters. The number of aromatic nitrogens is 4. The highest BCUT2D eigenvalue weighted by atomic mass is 19.1. The minimum atomic E-state index is -0.236. The third kappa shape index (κ3) is 4.98. The molecule has 0 bridgehead atoms. The largest absolute Gasteiger partial charge is 0.378 e. The number of rotatable bonds is 7. The molecule has 0 spiro atoms. The van der Waals surface area contributed by atoms with Gasteiger partial charge in [0.25, 0.3) is 0 Å². The van der Waals surface area contributed by atoms with Crippen molar-refractivity contribution in [2.45, 2.75) is 44.3 Å². The van der Waals surface area contributed by atoms with Crippen LogP contribution in [0.25, 0.3) is 0 Å². The number of benzene rings is 2. The van der Waals surface area contributed by atoms with Crippen molar-refractivity contribution in [1.82, 2.24) is 30.0 Å². The quantitative estimate of drug-likeness (QED) is 0.534. The van der Waals surface area contributed by atoms with Gasteiger partial charge in [0.1, 0.15) is 5.82 Å². The predicted octanol–water partition coefficient (Wildman–Crippen LogP) is 3.58. The summed E-state index contributed by atoms with van der Waals surface area (Å²) in [5.74, 6) is 0.593. The van der Waals surface area contributed by atoms with E-state index in [2.05, 4.69) is 68.6 Å². The molecule has 0 radical (unpaired) electrons. The molecule has 180 valence electrons. The summed E-state index contributed by atoms with van der Waals surface area (Å²) >= 11 is 0. The highest BCUT2D eigenvalue weighted by molar-refractivity contribution is 5.47. The Bertz CT molecular complexity index is 1050. The highest BCUT2D eigenvalue weighted by Gasteiger charge is 2.33. The third-order valence-electron chi connectivity index (χ3n) is 7.33. The van der Waals surface area contributed by atoms with Crippen LogP contribution in [-0.4, -0.2) is 76.3 Å². The summed E-state index contributed by atoms with van der Waals surface area (Å²) in [5.41, 5.74) is 3.33. The lowest BCUT2D eigenvalue weighted by Crippen LogP contribution is -2.51. The first-order chi connectivity index (χ1) is 16.6. The van der Waals surface area contributed by atoms with Crippen molar-refractivity contribution in [1.29, 1.82) is 0 Å². The van der Waals surface area contributed by atoms with E-state index in [0.717, 1.165) is 43.6 Å². The molecule has 8 heteroatoms. The Hall–Kier alpha value is -2.84. The molecule has 0 amide bonds. The predicted molar refractivity (Wildman–Crippen MR) is 131 cm³/mol. The maximum Gasteiger partial charge on any atom is 0.173 e. The van der Waals surface area contributed by atoms with Crippen molar-refractivity contribution in [2.24, 2.45) is 0 Å². The second-order valence-electron chi connectivity index (χ2n) is 9.72. The fourth-order valence-electron chi connectivity index (χ4n) is 5.39. The van der Waals surface area contributed by atoms with Gasteiger partial charge in [-0.15, -0.1) is 5.10 Å². The van der Waals surface area contributed by atoms with Crippen molar-refractivity contribution in [3.63, 3.8) is 0 Å². The van der Waals surface area contributed by atoms with Crippen LogP contribution in [-0.2, 0) is 6.54 Å². The lowest BCUT2D eigenvalue weighted by Gasteiger charge is -2.41. The standard InChI is InChI=1S/C26H34FN7/c1-31(2)23-13-9-21(10-14-23)25(33-17-15-32(16-18-33)24-5-3-4-6-24)26-28-29-30-34(26)19-20-7-11-22(27)12-8-20/h7-14,24-25H,3-6,15-19H2,1-2H3. The topological polar surface area (TPSA) is 53.3 Å². The van der Waals surface area contributed by atoms with Crippen molar-refractivity contribution in [3.8, 4) is 0 Å². The number of halogens is 1. The molecule has 1 saturated heterocycles. The fourth-order valence-corrected chi connectivity index (χ4v) is 5.39. The molecule has 5 rings (SSSR count). The summed E-state index contributed by atoms with van der Waals surface area (Å²) in [7, 11) is 4.11. The second kappa shape index (κ2) is 10.2. The van der Waals surface area contributed by atoms with E-state index in [0.29, 0.717) is 6.54 Å². The Kier molecular flexibility index (Phi) is 6.87. The molecule has 1 unspecified atom stereocenters. The van der Waals surface area contributed by atoms with E-state index in [1.165, 1.54) is 49.1 Å². The third-order valence-corrected chi connectivity index (χ3v) is 7.33. The number of anilines is 1. The molecule has 1 aromatic heterocycles. The van der Waals surface area contributed by atoms with Gasteiger partial charge in [-0.25, -0.2) is 9.07 Å². The molecule has 3 aromatic rings. The van der Waals surface area contributed by atoms with Gasteiger partial charge in [0, 0.05) is 52.0 Å². The van der Waals surface area contributed by atoms with E-state index in [4.69, 9.17) is 0 Å². The normalized spacial score (nSPS) is 18.9. The molecule has 1 aliphatic carbocycles. The van der Waals surface area contributed by atoms with Crippen molar-refractivity contribution >= 4 is 5.69 Å². The molecule has 0 N–H and O–H groups in total. The molecule has 2 aliphatic rings. The number of tetrazole rings is 1. The maximum atomic E-state index is 13.4. The van der Waals surface area contributed by atoms with E-state index in [9.17, 15) is 4.39 Å². The minimum absolute atomic E-state index is 0.0302. The maximum absolute atomic E-state index is 13.4. The molecular formula is C26H34FN7. The zero-order valence-corrected chi connectivity index (χ0v) is 20.1. The van der Waals surface area contributed by atoms with Crippen LogP contribution in [0, 0.1) is 5.82 Å². The van der Waals surface area contributed by atoms with Gasteiger partial charge in [-0.2, -0.15) is 0 Å². The molecule has 2 aromatic carbocycles. The van der Waals surface area contributed by atoms with Crippen LogP contribution in [0.15, 0.2) is 48.5 Å². The Balaban J connectivity index is 1.42. The lowest BCUT2D eigenvalue weighted by atomic mass is 10.0. The van der Waals surface area contributed by atoms with Crippen LogP contribution in [0.4, 0.5) is 10.1 Å². The minimum Gasteiger partial charge on any atom is -0.378 e. The second-order valence-corrected chi connectivity index (χ2v) is 9.72. The smallest absolute Gasteiger partial charge is 0.173 e. The Morgan fingerprint density at radius 3 is 2.26 bits per heavy atom. The number of nitrogens with zero attached hydrogens (tertiary/aromatic N) is 7. The van der Waals surface area contributed by atoms with Crippen LogP contribution in [0.1, 0.15) is 48.7 Å².